The van der Waals surface area contributed by atoms with E-state index >= 15 is 0 Å². The quantitative estimate of drug-likeness (QED) is 0.231. The highest BCUT2D eigenvalue weighted by Crippen LogP contribution is 2.23. The number of aryl methyl sites for hydroxylation is 1. The van der Waals surface area contributed by atoms with Crippen molar-refractivity contribution >= 4 is 28.7 Å². The topological polar surface area (TPSA) is 108 Å². The molecule has 5 rings (SSSR count). The summed E-state index contributed by atoms with van der Waals surface area (Å²) < 4.78 is 11.9. The lowest BCUT2D eigenvalue weighted by molar-refractivity contribution is -0.145. The van der Waals surface area contributed by atoms with E-state index in [-0.39, 0.29) is 36.9 Å². The number of fused-ring (bicyclic) bond motifs is 2. The van der Waals surface area contributed by atoms with Crippen LogP contribution in [-0.4, -0.2) is 52.0 Å². The summed E-state index contributed by atoms with van der Waals surface area (Å²) in [5.74, 6) is -0.0628. The summed E-state index contributed by atoms with van der Waals surface area (Å²) in [4.78, 5) is 56.5. The first-order valence-corrected chi connectivity index (χ1v) is 12.8. The highest BCUT2D eigenvalue weighted by atomic mass is 16.6. The summed E-state index contributed by atoms with van der Waals surface area (Å²) >= 11 is 0. The fraction of sp³-hybridized carbons (Fsp3) is 0.233. The highest BCUT2D eigenvalue weighted by Gasteiger charge is 2.34. The van der Waals surface area contributed by atoms with Crippen molar-refractivity contribution in [1.29, 1.82) is 0 Å². The molecule has 0 atom stereocenters. The highest BCUT2D eigenvalue weighted by molar-refractivity contribution is 6.21. The van der Waals surface area contributed by atoms with E-state index in [1.165, 1.54) is 4.90 Å². The van der Waals surface area contributed by atoms with Gasteiger partial charge in [0, 0.05) is 19.5 Å². The maximum atomic E-state index is 13.4. The molecule has 3 aromatic carbocycles. The lowest BCUT2D eigenvalue weighted by Crippen LogP contribution is -2.34. The number of rotatable bonds is 10. The largest absolute Gasteiger partial charge is 0.482 e. The first-order valence-electron chi connectivity index (χ1n) is 12.8. The van der Waals surface area contributed by atoms with E-state index in [1.54, 1.807) is 66.1 Å². The standard InChI is InChI=1S/C30H27N3O6/c1-2-38-27(34)19-39-21-13-11-20(12-14-21)15-17-32-26(31-25-10-6-5-9-24(25)30(32)37)16-18-33-28(35)22-7-3-4-8-23(22)29(33)36/h3-14H,2,15-19H2,1H3. The van der Waals surface area contributed by atoms with Crippen LogP contribution in [0.2, 0.25) is 0 Å². The molecule has 39 heavy (non-hydrogen) atoms. The van der Waals surface area contributed by atoms with Gasteiger partial charge in [0.05, 0.1) is 28.6 Å². The van der Waals surface area contributed by atoms with Crippen molar-refractivity contribution in [2.45, 2.75) is 26.3 Å². The summed E-state index contributed by atoms with van der Waals surface area (Å²) in [6, 6.07) is 21.2. The molecule has 0 spiro atoms. The Balaban J connectivity index is 1.33. The SMILES string of the molecule is CCOC(=O)COc1ccc(CCn2c(CCN3C(=O)c4ccccc4C3=O)nc3ccccc3c2=O)cc1. The van der Waals surface area contributed by atoms with Gasteiger partial charge in [-0.05, 0) is 55.3 Å². The number of aromatic nitrogens is 2. The Hall–Kier alpha value is -4.79. The molecule has 198 valence electrons. The first-order chi connectivity index (χ1) is 19.0. The number of carbonyl (C=O) groups excluding carboxylic acids is 3. The molecule has 0 saturated heterocycles. The van der Waals surface area contributed by atoms with Crippen LogP contribution in [0.3, 0.4) is 0 Å². The number of hydrogen-bond donors (Lipinski definition) is 0. The van der Waals surface area contributed by atoms with Gasteiger partial charge in [-0.25, -0.2) is 9.78 Å². The summed E-state index contributed by atoms with van der Waals surface area (Å²) in [5, 5.41) is 0.504. The number of amides is 2. The van der Waals surface area contributed by atoms with Gasteiger partial charge in [0.15, 0.2) is 6.61 Å². The van der Waals surface area contributed by atoms with Crippen LogP contribution < -0.4 is 10.3 Å². The van der Waals surface area contributed by atoms with Crippen molar-refractivity contribution in [3.63, 3.8) is 0 Å². The number of ether oxygens (including phenoxy) is 2. The number of carbonyl (C=O) groups is 3. The Kier molecular flexibility index (Phi) is 7.49. The van der Waals surface area contributed by atoms with Gasteiger partial charge in [-0.2, -0.15) is 0 Å². The van der Waals surface area contributed by atoms with E-state index in [0.717, 1.165) is 5.56 Å². The lowest BCUT2D eigenvalue weighted by atomic mass is 10.1. The molecule has 0 unspecified atom stereocenters. The van der Waals surface area contributed by atoms with Gasteiger partial charge in [-0.1, -0.05) is 36.4 Å². The van der Waals surface area contributed by atoms with Crippen molar-refractivity contribution in [3.05, 3.63) is 106 Å². The third-order valence-corrected chi connectivity index (χ3v) is 6.59. The van der Waals surface area contributed by atoms with E-state index in [9.17, 15) is 19.2 Å². The van der Waals surface area contributed by atoms with Gasteiger partial charge in [-0.15, -0.1) is 0 Å². The number of imide groups is 1. The molecule has 9 heteroatoms. The second-order valence-electron chi connectivity index (χ2n) is 9.05. The van der Waals surface area contributed by atoms with Crippen LogP contribution in [-0.2, 0) is 28.9 Å². The van der Waals surface area contributed by atoms with Gasteiger partial charge in [0.25, 0.3) is 17.4 Å². The second kappa shape index (κ2) is 11.3. The van der Waals surface area contributed by atoms with Crippen LogP contribution in [0.1, 0.15) is 39.0 Å². The van der Waals surface area contributed by atoms with Crippen LogP contribution in [0.15, 0.2) is 77.6 Å². The molecule has 1 aliphatic rings. The van der Waals surface area contributed by atoms with E-state index < -0.39 is 5.97 Å². The molecule has 0 N–H and O–H groups in total. The zero-order valence-corrected chi connectivity index (χ0v) is 21.5. The minimum absolute atomic E-state index is 0.115. The predicted molar refractivity (Wildman–Crippen MR) is 144 cm³/mol. The van der Waals surface area contributed by atoms with Gasteiger partial charge in [0.1, 0.15) is 11.6 Å². The van der Waals surface area contributed by atoms with Gasteiger partial charge >= 0.3 is 5.97 Å². The van der Waals surface area contributed by atoms with E-state index in [2.05, 4.69) is 0 Å². The summed E-state index contributed by atoms with van der Waals surface area (Å²) in [5.41, 5.74) is 2.14. The predicted octanol–water partition coefficient (Wildman–Crippen LogP) is 3.42. The number of nitrogens with zero attached hydrogens (tertiary/aromatic N) is 3. The number of hydrogen-bond acceptors (Lipinski definition) is 7. The van der Waals surface area contributed by atoms with Crippen molar-refractivity contribution in [3.8, 4) is 5.75 Å². The van der Waals surface area contributed by atoms with Crippen LogP contribution in [0, 0.1) is 0 Å². The number of esters is 1. The molecule has 1 aromatic heterocycles. The fourth-order valence-electron chi connectivity index (χ4n) is 4.63. The maximum Gasteiger partial charge on any atom is 0.344 e. The molecule has 2 heterocycles. The van der Waals surface area contributed by atoms with E-state index in [1.807, 2.05) is 18.2 Å². The van der Waals surface area contributed by atoms with Crippen LogP contribution in [0.5, 0.6) is 5.75 Å². The van der Waals surface area contributed by atoms with Crippen LogP contribution in [0.4, 0.5) is 0 Å². The number of benzene rings is 3. The minimum atomic E-state index is -0.432. The fourth-order valence-corrected chi connectivity index (χ4v) is 4.63. The summed E-state index contributed by atoms with van der Waals surface area (Å²) in [6.07, 6.45) is 0.782. The van der Waals surface area contributed by atoms with Gasteiger partial charge < -0.3 is 9.47 Å². The summed E-state index contributed by atoms with van der Waals surface area (Å²) in [6.45, 7) is 2.34. The average Bonchev–Trinajstić information content (AvgIpc) is 3.20. The Morgan fingerprint density at radius 1 is 0.821 bits per heavy atom. The monoisotopic (exact) mass is 525 g/mol. The molecule has 0 bridgehead atoms. The molecule has 0 radical (unpaired) electrons. The Bertz CT molecular complexity index is 1570. The van der Waals surface area contributed by atoms with Crippen molar-refractivity contribution in [2.75, 3.05) is 19.8 Å². The van der Waals surface area contributed by atoms with Gasteiger partial charge in [-0.3, -0.25) is 23.9 Å². The van der Waals surface area contributed by atoms with E-state index in [0.29, 0.717) is 53.2 Å². The molecule has 4 aromatic rings. The molecule has 2 amide bonds. The average molecular weight is 526 g/mol. The van der Waals surface area contributed by atoms with E-state index in [4.69, 9.17) is 14.5 Å². The molecule has 0 saturated carbocycles. The molecule has 0 fully saturated rings. The second-order valence-corrected chi connectivity index (χ2v) is 9.05. The Morgan fingerprint density at radius 2 is 1.49 bits per heavy atom. The summed E-state index contributed by atoms with van der Waals surface area (Å²) in [7, 11) is 0. The zero-order valence-electron chi connectivity index (χ0n) is 21.5. The molecule has 9 nitrogen and oxygen atoms in total. The van der Waals surface area contributed by atoms with Crippen LogP contribution in [0.25, 0.3) is 10.9 Å². The molecular weight excluding hydrogens is 498 g/mol. The normalized spacial score (nSPS) is 12.6. The smallest absolute Gasteiger partial charge is 0.344 e. The maximum absolute atomic E-state index is 13.4. The molecule has 1 aliphatic heterocycles. The third kappa shape index (κ3) is 5.43. The minimum Gasteiger partial charge on any atom is -0.482 e. The van der Waals surface area contributed by atoms with Crippen molar-refractivity contribution < 1.29 is 23.9 Å². The molecule has 0 aliphatic carbocycles. The zero-order chi connectivity index (χ0) is 27.4. The van der Waals surface area contributed by atoms with Gasteiger partial charge in [0.2, 0.25) is 0 Å². The Morgan fingerprint density at radius 3 is 2.18 bits per heavy atom. The number of para-hydroxylation sites is 1. The van der Waals surface area contributed by atoms with Crippen molar-refractivity contribution in [2.24, 2.45) is 0 Å². The van der Waals surface area contributed by atoms with Crippen molar-refractivity contribution in [1.82, 2.24) is 14.5 Å². The Labute approximate surface area is 224 Å². The molecular formula is C30H27N3O6. The third-order valence-electron chi connectivity index (χ3n) is 6.59. The van der Waals surface area contributed by atoms with Crippen LogP contribution >= 0.6 is 0 Å². The first kappa shape index (κ1) is 25.8. The lowest BCUT2D eigenvalue weighted by Gasteiger charge is -2.17.